The van der Waals surface area contributed by atoms with Gasteiger partial charge in [-0.05, 0) is 29.3 Å². The van der Waals surface area contributed by atoms with E-state index in [-0.39, 0.29) is 12.1 Å². The Morgan fingerprint density at radius 1 is 1.38 bits per heavy atom. The summed E-state index contributed by atoms with van der Waals surface area (Å²) in [6.07, 6.45) is 3.08. The first-order valence-corrected chi connectivity index (χ1v) is 7.97. The second-order valence-electron chi connectivity index (χ2n) is 5.63. The zero-order valence-corrected chi connectivity index (χ0v) is 14.3. The smallest absolute Gasteiger partial charge is 0.409 e. The highest BCUT2D eigenvalue weighted by atomic mass is 35.5. The van der Waals surface area contributed by atoms with Crippen molar-refractivity contribution in [1.29, 1.82) is 0 Å². The van der Waals surface area contributed by atoms with Gasteiger partial charge in [0.05, 0.1) is 18.8 Å². The van der Waals surface area contributed by atoms with Gasteiger partial charge >= 0.3 is 6.09 Å². The molecule has 1 aromatic heterocycles. The first-order valence-electron chi connectivity index (χ1n) is 7.60. The number of nitrogens with zero attached hydrogens (tertiary/aromatic N) is 3. The normalized spacial score (nSPS) is 17.0. The molecule has 126 valence electrons. The molecular weight excluding hydrogens is 328 g/mol. The molecule has 24 heavy (non-hydrogen) atoms. The van der Waals surface area contributed by atoms with E-state index >= 15 is 0 Å². The number of likely N-dealkylation sites (N-methyl/N-ethyl adjacent to an activating group) is 1. The molecule has 3 rings (SSSR count). The molecule has 0 saturated heterocycles. The van der Waals surface area contributed by atoms with Gasteiger partial charge in [0.15, 0.2) is 0 Å². The van der Waals surface area contributed by atoms with Crippen molar-refractivity contribution >= 4 is 23.4 Å². The molecule has 1 N–H and O–H groups in total. The molecule has 1 unspecified atom stereocenters. The van der Waals surface area contributed by atoms with Crippen molar-refractivity contribution in [3.05, 3.63) is 58.9 Å². The number of hydrogen-bond donors (Lipinski definition) is 1. The van der Waals surface area contributed by atoms with Crippen LogP contribution in [0.2, 0.25) is 5.02 Å². The lowest BCUT2D eigenvalue weighted by Gasteiger charge is -2.39. The summed E-state index contributed by atoms with van der Waals surface area (Å²) in [5.74, 6) is 0. The summed E-state index contributed by atoms with van der Waals surface area (Å²) in [4.78, 5) is 17.6. The molecule has 1 aliphatic heterocycles. The molecular formula is C17H19ClN4O2. The van der Waals surface area contributed by atoms with Crippen LogP contribution in [-0.4, -0.2) is 41.7 Å². The van der Waals surface area contributed by atoms with Gasteiger partial charge in [-0.15, -0.1) is 0 Å². The van der Waals surface area contributed by atoms with Crippen molar-refractivity contribution in [2.75, 3.05) is 26.1 Å². The van der Waals surface area contributed by atoms with E-state index in [4.69, 9.17) is 16.3 Å². The van der Waals surface area contributed by atoms with E-state index in [0.29, 0.717) is 18.1 Å². The number of nitrogens with one attached hydrogen (secondary N) is 1. The molecule has 0 bridgehead atoms. The van der Waals surface area contributed by atoms with Crippen molar-refractivity contribution in [2.45, 2.75) is 12.6 Å². The number of carbonyl (C=O) groups is 1. The fourth-order valence-electron chi connectivity index (χ4n) is 2.91. The second kappa shape index (κ2) is 7.07. The average Bonchev–Trinajstić information content (AvgIpc) is 2.61. The highest BCUT2D eigenvalue weighted by Gasteiger charge is 2.32. The third-order valence-corrected chi connectivity index (χ3v) is 4.51. The summed E-state index contributed by atoms with van der Waals surface area (Å²) in [7, 11) is 3.12. The molecule has 1 aliphatic rings. The summed E-state index contributed by atoms with van der Waals surface area (Å²) in [5, 5.41) is 2.73. The summed E-state index contributed by atoms with van der Waals surface area (Å²) in [5.41, 5.74) is 6.33. The Balaban J connectivity index is 1.91. The first-order chi connectivity index (χ1) is 11.6. The third-order valence-electron chi connectivity index (χ3n) is 4.15. The Morgan fingerprint density at radius 3 is 2.83 bits per heavy atom. The maximum atomic E-state index is 12.0. The highest BCUT2D eigenvalue weighted by molar-refractivity contribution is 6.31. The van der Waals surface area contributed by atoms with Crippen molar-refractivity contribution in [3.8, 4) is 0 Å². The number of hydrogen-bond acceptors (Lipinski definition) is 5. The van der Waals surface area contributed by atoms with E-state index in [1.807, 2.05) is 35.3 Å². The predicted octanol–water partition coefficient (Wildman–Crippen LogP) is 3.32. The van der Waals surface area contributed by atoms with Crippen LogP contribution in [-0.2, 0) is 11.3 Å². The summed E-state index contributed by atoms with van der Waals surface area (Å²) < 4.78 is 4.87. The minimum Gasteiger partial charge on any atom is -0.453 e. The number of methoxy groups -OCH3 is 1. The fraction of sp³-hybridized carbons (Fsp3) is 0.294. The topological polar surface area (TPSA) is 57.7 Å². The Hall–Kier alpha value is -2.31. The van der Waals surface area contributed by atoms with E-state index in [9.17, 15) is 4.79 Å². The molecule has 0 saturated carbocycles. The zero-order valence-electron chi connectivity index (χ0n) is 13.6. The van der Waals surface area contributed by atoms with Crippen LogP contribution < -0.4 is 5.43 Å². The number of anilines is 1. The Bertz CT molecular complexity index is 726. The van der Waals surface area contributed by atoms with Gasteiger partial charge < -0.3 is 15.1 Å². The van der Waals surface area contributed by atoms with Crippen LogP contribution in [0.4, 0.5) is 10.5 Å². The molecule has 0 spiro atoms. The summed E-state index contributed by atoms with van der Waals surface area (Å²) in [6, 6.07) is 9.41. The lowest BCUT2D eigenvalue weighted by Crippen LogP contribution is -2.45. The van der Waals surface area contributed by atoms with Gasteiger partial charge in [-0.1, -0.05) is 23.7 Å². The molecule has 6 nitrogen and oxygen atoms in total. The largest absolute Gasteiger partial charge is 0.453 e. The number of ether oxygens (including phenoxy) is 1. The van der Waals surface area contributed by atoms with Crippen molar-refractivity contribution < 1.29 is 9.53 Å². The van der Waals surface area contributed by atoms with Gasteiger partial charge in [0, 0.05) is 37.6 Å². The monoisotopic (exact) mass is 346 g/mol. The standard InChI is InChI=1S/C17H19ClN4O2/c1-21(17(23)24-2)16-11-22(20-12-6-8-19-9-7-12)10-14-13(16)4-3-5-15(14)18/h3-9,16H,10-11H2,1-2H3,(H,19,20). The molecule has 2 aromatic rings. The van der Waals surface area contributed by atoms with Gasteiger partial charge in [-0.3, -0.25) is 4.98 Å². The number of aromatic nitrogens is 1. The van der Waals surface area contributed by atoms with E-state index < -0.39 is 0 Å². The van der Waals surface area contributed by atoms with E-state index in [1.54, 1.807) is 24.3 Å². The van der Waals surface area contributed by atoms with Crippen LogP contribution in [0, 0.1) is 0 Å². The Morgan fingerprint density at radius 2 is 2.12 bits per heavy atom. The zero-order chi connectivity index (χ0) is 17.1. The fourth-order valence-corrected chi connectivity index (χ4v) is 3.15. The number of benzene rings is 1. The maximum absolute atomic E-state index is 12.0. The quantitative estimate of drug-likeness (QED) is 0.924. The third kappa shape index (κ3) is 3.29. The van der Waals surface area contributed by atoms with Crippen LogP contribution in [0.25, 0.3) is 0 Å². The van der Waals surface area contributed by atoms with Crippen LogP contribution in [0.15, 0.2) is 42.7 Å². The lowest BCUT2D eigenvalue weighted by atomic mass is 9.95. The molecule has 0 aliphatic carbocycles. The molecule has 2 heterocycles. The number of hydrazine groups is 1. The lowest BCUT2D eigenvalue weighted by molar-refractivity contribution is 0.101. The van der Waals surface area contributed by atoms with E-state index in [0.717, 1.165) is 16.8 Å². The molecule has 0 radical (unpaired) electrons. The molecule has 1 atom stereocenters. The average molecular weight is 347 g/mol. The van der Waals surface area contributed by atoms with Crippen molar-refractivity contribution in [1.82, 2.24) is 14.9 Å². The maximum Gasteiger partial charge on any atom is 0.409 e. The minimum absolute atomic E-state index is 0.158. The molecule has 7 heteroatoms. The number of pyridine rings is 1. The van der Waals surface area contributed by atoms with Gasteiger partial charge in [-0.2, -0.15) is 0 Å². The number of halogens is 1. The Kier molecular flexibility index (Phi) is 4.87. The van der Waals surface area contributed by atoms with Gasteiger partial charge in [-0.25, -0.2) is 9.80 Å². The van der Waals surface area contributed by atoms with Crippen LogP contribution in [0.1, 0.15) is 17.2 Å². The molecule has 0 fully saturated rings. The van der Waals surface area contributed by atoms with Crippen LogP contribution in [0.5, 0.6) is 0 Å². The van der Waals surface area contributed by atoms with Gasteiger partial charge in [0.25, 0.3) is 0 Å². The van der Waals surface area contributed by atoms with Crippen LogP contribution >= 0.6 is 11.6 Å². The van der Waals surface area contributed by atoms with Gasteiger partial charge in [0.1, 0.15) is 0 Å². The van der Waals surface area contributed by atoms with E-state index in [2.05, 4.69) is 10.4 Å². The predicted molar refractivity (Wildman–Crippen MR) is 92.6 cm³/mol. The number of fused-ring (bicyclic) bond motifs is 1. The Labute approximate surface area is 146 Å². The number of amides is 1. The summed E-state index contributed by atoms with van der Waals surface area (Å²) in [6.45, 7) is 1.25. The first kappa shape index (κ1) is 16.5. The highest BCUT2D eigenvalue weighted by Crippen LogP contribution is 2.34. The van der Waals surface area contributed by atoms with Crippen LogP contribution in [0.3, 0.4) is 0 Å². The van der Waals surface area contributed by atoms with Crippen molar-refractivity contribution in [3.63, 3.8) is 0 Å². The minimum atomic E-state index is -0.378. The van der Waals surface area contributed by atoms with E-state index in [1.165, 1.54) is 7.11 Å². The van der Waals surface area contributed by atoms with Crippen molar-refractivity contribution in [2.24, 2.45) is 0 Å². The molecule has 1 amide bonds. The summed E-state index contributed by atoms with van der Waals surface area (Å²) >= 11 is 6.39. The SMILES string of the molecule is COC(=O)N(C)C1CN(Nc2ccncc2)Cc2c(Cl)cccc21. The molecule has 1 aromatic carbocycles. The number of carbonyl (C=O) groups excluding carboxylic acids is 1. The van der Waals surface area contributed by atoms with Gasteiger partial charge in [0.2, 0.25) is 0 Å². The second-order valence-corrected chi connectivity index (χ2v) is 6.04. The number of rotatable bonds is 3.